The Labute approximate surface area is 295 Å². The SMILES string of the molecule is O=C(c1nc(C2CCC(C(=O)O)CC2)cs1)c1c[nH]c2ccccc12.O=C(c1nc(C2CCC(C(=O)O)CC2)cs1)c1c[nH]c2ccccc12. The third-order valence-corrected chi connectivity index (χ3v) is 11.8. The summed E-state index contributed by atoms with van der Waals surface area (Å²) >= 11 is 2.75. The van der Waals surface area contributed by atoms with E-state index in [1.807, 2.05) is 59.3 Å². The lowest BCUT2D eigenvalue weighted by Crippen LogP contribution is -2.20. The van der Waals surface area contributed by atoms with Gasteiger partial charge in [-0.25, -0.2) is 9.97 Å². The molecule has 12 heteroatoms. The first-order valence-electron chi connectivity index (χ1n) is 16.8. The van der Waals surface area contributed by atoms with Crippen molar-refractivity contribution in [1.82, 2.24) is 19.9 Å². The summed E-state index contributed by atoms with van der Waals surface area (Å²) in [6.07, 6.45) is 9.50. The number of para-hydroxylation sites is 2. The van der Waals surface area contributed by atoms with Crippen molar-refractivity contribution in [3.05, 3.63) is 104 Å². The molecule has 0 spiro atoms. The van der Waals surface area contributed by atoms with Gasteiger partial charge >= 0.3 is 11.9 Å². The van der Waals surface area contributed by atoms with Gasteiger partial charge in [0.05, 0.1) is 34.4 Å². The fourth-order valence-corrected chi connectivity index (χ4v) is 8.88. The van der Waals surface area contributed by atoms with E-state index in [2.05, 4.69) is 19.9 Å². The number of nitrogens with one attached hydrogen (secondary N) is 2. The molecule has 256 valence electrons. The average Bonchev–Trinajstić information content (AvgIpc) is 3.97. The number of aliphatic carboxylic acids is 2. The van der Waals surface area contributed by atoms with E-state index in [0.717, 1.165) is 58.9 Å². The molecular formula is C38H36N4O6S2. The zero-order chi connectivity index (χ0) is 34.8. The summed E-state index contributed by atoms with van der Waals surface area (Å²) in [5.41, 5.74) is 5.02. The van der Waals surface area contributed by atoms with E-state index in [-0.39, 0.29) is 35.2 Å². The lowest BCUT2D eigenvalue weighted by Gasteiger charge is -2.24. The quantitative estimate of drug-likeness (QED) is 0.114. The summed E-state index contributed by atoms with van der Waals surface area (Å²) in [6.45, 7) is 0. The van der Waals surface area contributed by atoms with E-state index < -0.39 is 11.9 Å². The number of H-pyrrole nitrogens is 2. The number of ketones is 2. The maximum Gasteiger partial charge on any atom is 0.306 e. The molecule has 2 aromatic carbocycles. The van der Waals surface area contributed by atoms with Gasteiger partial charge in [-0.2, -0.15) is 0 Å². The molecule has 0 unspecified atom stereocenters. The van der Waals surface area contributed by atoms with E-state index in [9.17, 15) is 19.2 Å². The maximum atomic E-state index is 12.8. The summed E-state index contributed by atoms with van der Waals surface area (Å²) < 4.78 is 0. The van der Waals surface area contributed by atoms with Gasteiger partial charge in [0, 0.05) is 56.8 Å². The molecule has 0 amide bonds. The molecule has 0 saturated heterocycles. The van der Waals surface area contributed by atoms with Crippen LogP contribution in [0.4, 0.5) is 0 Å². The van der Waals surface area contributed by atoms with E-state index in [1.165, 1.54) is 22.7 Å². The van der Waals surface area contributed by atoms with Crippen molar-refractivity contribution in [2.24, 2.45) is 11.8 Å². The molecule has 4 N–H and O–H groups in total. The Morgan fingerprint density at radius 2 is 0.960 bits per heavy atom. The van der Waals surface area contributed by atoms with Crippen LogP contribution in [0.1, 0.15) is 105 Å². The van der Waals surface area contributed by atoms with Crippen molar-refractivity contribution < 1.29 is 29.4 Å². The first-order chi connectivity index (χ1) is 24.3. The molecule has 6 aromatic rings. The number of carboxylic acids is 2. The first kappa shape index (κ1) is 33.6. The molecule has 0 bridgehead atoms. The minimum atomic E-state index is -0.702. The molecule has 8 rings (SSSR count). The van der Waals surface area contributed by atoms with Crippen LogP contribution < -0.4 is 0 Å². The molecule has 0 atom stereocenters. The zero-order valence-electron chi connectivity index (χ0n) is 27.1. The van der Waals surface area contributed by atoms with Gasteiger partial charge in [-0.1, -0.05) is 36.4 Å². The second kappa shape index (κ2) is 14.5. The van der Waals surface area contributed by atoms with Crippen LogP contribution in [0.3, 0.4) is 0 Å². The topological polar surface area (TPSA) is 166 Å². The van der Waals surface area contributed by atoms with Gasteiger partial charge in [0.1, 0.15) is 0 Å². The van der Waals surface area contributed by atoms with Crippen LogP contribution in [-0.2, 0) is 9.59 Å². The smallest absolute Gasteiger partial charge is 0.306 e. The molecule has 10 nitrogen and oxygen atoms in total. The number of nitrogens with zero attached hydrogens (tertiary/aromatic N) is 2. The highest BCUT2D eigenvalue weighted by Gasteiger charge is 2.30. The van der Waals surface area contributed by atoms with Crippen LogP contribution in [0.5, 0.6) is 0 Å². The number of thiazole rings is 2. The number of hydrogen-bond acceptors (Lipinski definition) is 8. The summed E-state index contributed by atoms with van der Waals surface area (Å²) in [7, 11) is 0. The Hall–Kier alpha value is -4.94. The Kier molecular flexibility index (Phi) is 9.73. The molecule has 0 aliphatic heterocycles. The summed E-state index contributed by atoms with van der Waals surface area (Å²) in [6, 6.07) is 15.5. The van der Waals surface area contributed by atoms with Crippen LogP contribution in [0.2, 0.25) is 0 Å². The number of carboxylic acid groups (broad SMARTS) is 2. The van der Waals surface area contributed by atoms with Crippen LogP contribution >= 0.6 is 22.7 Å². The maximum absolute atomic E-state index is 12.8. The predicted molar refractivity (Wildman–Crippen MR) is 192 cm³/mol. The molecular weight excluding hydrogens is 673 g/mol. The van der Waals surface area contributed by atoms with Crippen molar-refractivity contribution in [2.45, 2.75) is 63.2 Å². The second-order valence-electron chi connectivity index (χ2n) is 13.1. The van der Waals surface area contributed by atoms with E-state index >= 15 is 0 Å². The predicted octanol–water partition coefficient (Wildman–Crippen LogP) is 8.43. The fraction of sp³-hybridized carbons (Fsp3) is 0.316. The number of fused-ring (bicyclic) bond motifs is 2. The summed E-state index contributed by atoms with van der Waals surface area (Å²) in [5, 5.41) is 24.9. The molecule has 4 aromatic heterocycles. The van der Waals surface area contributed by atoms with Gasteiger partial charge in [-0.05, 0) is 63.5 Å². The van der Waals surface area contributed by atoms with Crippen molar-refractivity contribution >= 4 is 68.0 Å². The Morgan fingerprint density at radius 1 is 0.580 bits per heavy atom. The van der Waals surface area contributed by atoms with Gasteiger partial charge in [0.15, 0.2) is 10.0 Å². The van der Waals surface area contributed by atoms with Crippen molar-refractivity contribution in [1.29, 1.82) is 0 Å². The molecule has 2 aliphatic rings. The molecule has 2 fully saturated rings. The number of benzene rings is 2. The van der Waals surface area contributed by atoms with Gasteiger partial charge in [-0.3, -0.25) is 19.2 Å². The van der Waals surface area contributed by atoms with Crippen molar-refractivity contribution in [3.63, 3.8) is 0 Å². The molecule has 50 heavy (non-hydrogen) atoms. The summed E-state index contributed by atoms with van der Waals surface area (Å²) in [5.74, 6) is -1.48. The average molecular weight is 709 g/mol. The Bertz CT molecular complexity index is 2020. The van der Waals surface area contributed by atoms with E-state index in [4.69, 9.17) is 10.2 Å². The third-order valence-electron chi connectivity index (χ3n) is 10.1. The van der Waals surface area contributed by atoms with Crippen LogP contribution in [0.15, 0.2) is 71.7 Å². The standard InChI is InChI=1S/2C19H18N2O3S/c2*22-17(14-9-20-15-4-2-1-3-13(14)15)18-21-16(10-25-18)11-5-7-12(8-6-11)19(23)24/h2*1-4,9-12,20H,5-8H2,(H,23,24). The highest BCUT2D eigenvalue weighted by Crippen LogP contribution is 2.38. The number of rotatable bonds is 8. The Morgan fingerprint density at radius 3 is 1.34 bits per heavy atom. The van der Waals surface area contributed by atoms with Gasteiger partial charge in [0.2, 0.25) is 11.6 Å². The van der Waals surface area contributed by atoms with Crippen LogP contribution in [-0.4, -0.2) is 53.7 Å². The van der Waals surface area contributed by atoms with Gasteiger partial charge < -0.3 is 20.2 Å². The monoisotopic (exact) mass is 708 g/mol. The minimum absolute atomic E-state index is 0.0621. The van der Waals surface area contributed by atoms with E-state index in [0.29, 0.717) is 46.8 Å². The van der Waals surface area contributed by atoms with Crippen molar-refractivity contribution in [3.8, 4) is 0 Å². The van der Waals surface area contributed by atoms with Crippen LogP contribution in [0.25, 0.3) is 21.8 Å². The molecule has 4 heterocycles. The highest BCUT2D eigenvalue weighted by molar-refractivity contribution is 7.12. The van der Waals surface area contributed by atoms with Crippen LogP contribution in [0, 0.1) is 11.8 Å². The van der Waals surface area contributed by atoms with Gasteiger partial charge in [-0.15, -0.1) is 22.7 Å². The number of hydrogen-bond donors (Lipinski definition) is 4. The third kappa shape index (κ3) is 6.90. The normalized spacial score (nSPS) is 20.6. The second-order valence-corrected chi connectivity index (χ2v) is 14.8. The zero-order valence-corrected chi connectivity index (χ0v) is 28.8. The highest BCUT2D eigenvalue weighted by atomic mass is 32.1. The number of aromatic amines is 2. The molecule has 2 saturated carbocycles. The lowest BCUT2D eigenvalue weighted by atomic mass is 9.81. The Balaban J connectivity index is 0.000000157. The van der Waals surface area contributed by atoms with Gasteiger partial charge in [0.25, 0.3) is 0 Å². The fourth-order valence-electron chi connectivity index (χ4n) is 7.18. The van der Waals surface area contributed by atoms with E-state index in [1.54, 1.807) is 12.4 Å². The lowest BCUT2D eigenvalue weighted by molar-refractivity contribution is -0.143. The number of aromatic nitrogens is 4. The molecule has 2 aliphatic carbocycles. The number of carbonyl (C=O) groups is 4. The minimum Gasteiger partial charge on any atom is -0.481 e. The summed E-state index contributed by atoms with van der Waals surface area (Å²) in [4.78, 5) is 63.2. The van der Waals surface area contributed by atoms with Crippen molar-refractivity contribution in [2.75, 3.05) is 0 Å². The first-order valence-corrected chi connectivity index (χ1v) is 18.6. The number of carbonyl (C=O) groups excluding carboxylic acids is 2. The molecule has 0 radical (unpaired) electrons. The largest absolute Gasteiger partial charge is 0.481 e.